The predicted octanol–water partition coefficient (Wildman–Crippen LogP) is 27.1. The van der Waals surface area contributed by atoms with Gasteiger partial charge in [-0.25, -0.2) is 8.78 Å². The van der Waals surface area contributed by atoms with Gasteiger partial charge >= 0.3 is 24.7 Å². The number of benzene rings is 12. The molecule has 4 aliphatic heterocycles. The van der Waals surface area contributed by atoms with Crippen LogP contribution in [0.3, 0.4) is 0 Å². The second-order valence-corrected chi connectivity index (χ2v) is 38.1. The first kappa shape index (κ1) is 110. The highest BCUT2D eigenvalue weighted by atomic mass is 35.5. The Morgan fingerprint density at radius 1 is 0.315 bits per heavy atom. The van der Waals surface area contributed by atoms with E-state index in [0.717, 1.165) is 55.8 Å². The summed E-state index contributed by atoms with van der Waals surface area (Å²) >= 11 is 36.3. The fraction of sp³-hybridized carbons (Fsp3) is 0.283. The Kier molecular flexibility index (Phi) is 34.3. The molecular weight excluding hydrogens is 2060 g/mol. The number of nitrogens with one attached hydrogen (secondary N) is 4. The molecule has 0 aromatic heterocycles. The van der Waals surface area contributed by atoms with Crippen molar-refractivity contribution >= 4 is 182 Å². The van der Waals surface area contributed by atoms with E-state index in [-0.39, 0.29) is 95.8 Å². The molecule has 12 aromatic carbocycles. The van der Waals surface area contributed by atoms with Crippen molar-refractivity contribution in [2.75, 3.05) is 26.2 Å². The van der Waals surface area contributed by atoms with Crippen LogP contribution in [0.25, 0.3) is 43.1 Å². The summed E-state index contributed by atoms with van der Waals surface area (Å²) in [6.07, 6.45) is -18.9. The van der Waals surface area contributed by atoms with E-state index >= 15 is 0 Å². The highest BCUT2D eigenvalue weighted by Crippen LogP contribution is 2.48. The first-order valence-corrected chi connectivity index (χ1v) is 47.4. The van der Waals surface area contributed by atoms with E-state index in [1.54, 1.807) is 132 Å². The minimum absolute atomic E-state index is 0.0110. The maximum Gasteiger partial charge on any atom is 0.419 e. The first-order valence-electron chi connectivity index (χ1n) is 45.2. The summed E-state index contributed by atoms with van der Waals surface area (Å²) in [5.41, 5.74) is 4.95. The lowest BCUT2D eigenvalue weighted by molar-refractivity contribution is -0.140. The van der Waals surface area contributed by atoms with Gasteiger partial charge in [0.15, 0.2) is 57.2 Å². The van der Waals surface area contributed by atoms with Gasteiger partial charge in [-0.2, -0.15) is 52.7 Å². The van der Waals surface area contributed by atoms with Crippen LogP contribution in [0, 0.1) is 18.6 Å². The summed E-state index contributed by atoms with van der Waals surface area (Å²) in [5, 5.41) is 31.2. The molecule has 0 radical (unpaired) electrons. The molecule has 0 fully saturated rings. The van der Waals surface area contributed by atoms with Crippen molar-refractivity contribution in [2.45, 2.75) is 166 Å². The van der Waals surface area contributed by atoms with Gasteiger partial charge in [-0.1, -0.05) is 242 Å². The Hall–Kier alpha value is -13.1. The molecule has 146 heavy (non-hydrogen) atoms. The monoisotopic (exact) mass is 2140 g/mol. The number of rotatable bonds is 28. The number of alkyl halides is 12. The van der Waals surface area contributed by atoms with Gasteiger partial charge in [-0.05, 0) is 150 Å². The van der Waals surface area contributed by atoms with E-state index in [2.05, 4.69) is 32.0 Å². The van der Waals surface area contributed by atoms with E-state index in [0.29, 0.717) is 124 Å². The van der Waals surface area contributed by atoms with Gasteiger partial charge in [0.2, 0.25) is 23.6 Å². The summed E-state index contributed by atoms with van der Waals surface area (Å²) in [7, 11) is 0. The molecule has 16 rings (SSSR count). The first-order chi connectivity index (χ1) is 68.7. The molecule has 0 unspecified atom stereocenters. The van der Waals surface area contributed by atoms with Crippen LogP contribution in [0.15, 0.2) is 227 Å². The topological polar surface area (TPSA) is 271 Å². The second kappa shape index (κ2) is 45.5. The van der Waals surface area contributed by atoms with Gasteiger partial charge < -0.3 is 40.6 Å². The molecule has 0 bridgehead atoms. The Balaban J connectivity index is 0.000000163. The van der Waals surface area contributed by atoms with E-state index in [4.69, 9.17) is 89.0 Å². The number of carbonyl (C=O) groups excluding carboxylic acids is 8. The van der Waals surface area contributed by atoms with Gasteiger partial charge in [-0.15, -0.1) is 0 Å². The summed E-state index contributed by atoms with van der Waals surface area (Å²) < 4.78 is 179. The molecule has 4 atom stereocenters. The molecule has 0 aliphatic carbocycles. The van der Waals surface area contributed by atoms with Gasteiger partial charge in [0.1, 0.15) is 19.6 Å². The van der Waals surface area contributed by atoms with Crippen molar-refractivity contribution < 1.29 is 119 Å². The van der Waals surface area contributed by atoms with Crippen LogP contribution in [0.4, 0.5) is 61.5 Å². The number of nitrogens with zero attached hydrogens (tertiary/aromatic N) is 4. The minimum Gasteiger partial charge on any atom is -0.384 e. The summed E-state index contributed by atoms with van der Waals surface area (Å²) in [5.74, 6) is -6.28. The van der Waals surface area contributed by atoms with Crippen LogP contribution in [0.5, 0.6) is 0 Å². The van der Waals surface area contributed by atoms with Crippen LogP contribution < -0.4 is 21.3 Å². The van der Waals surface area contributed by atoms with Crippen molar-refractivity contribution in [1.29, 1.82) is 0 Å². The smallest absolute Gasteiger partial charge is 0.384 e. The van der Waals surface area contributed by atoms with Gasteiger partial charge in [-0.3, -0.25) is 38.4 Å². The standard InChI is InChI=1S/C27H20ClF7N2O3.C27H27ClN2O3.C26H20Cl2F4N2O3.C26H21Cl2F3N2O3/c1-25(14-10-19(27(33,34)35)24(29)20(28)11-14)12-21(37-40-25)17-6-7-18(16-5-3-2-4-15(16)17)22(38)8-9-23(39)36-13-26(30,31)32;1-4-29-26(32)12-11-25(31)23-10-9-22(20-7-5-6-8-21(20)23)24-16-27(3,33-30-24)18-13-17(2)14-19(28)15-18;1-25(14-10-19(27)24(29)20(28)11-14)12-21(34-37-25)17-6-7-18(16-5-3-2-4-15(16)17)22(35)8-9-23(36)33-13-26(30,31)32;1-25(15-10-16(27)12-17(28)11-15)13-22(33-36-25)20-6-7-21(19-5-3-2-4-18(19)20)23(34)8-9-24(35)32-14-26(29,30)31/h2-7,10-11H,8-9,12-13H2,1H3,(H,36,39);5-10,13-15H,4,11-12,16H2,1-3H3,(H,29,32);2-7,10-11H,8-9,12-13H2,1H3,(H,33,36);2-7,10-12H,8-9,13-14H2,1H3,(H,32,35)/t25-;27-;2*25-/m0000/s1. The molecule has 0 saturated carbocycles. The molecule has 4 N–H and O–H groups in total. The third-order valence-electron chi connectivity index (χ3n) is 24.4. The predicted molar refractivity (Wildman–Crippen MR) is 530 cm³/mol. The zero-order chi connectivity index (χ0) is 106. The third-order valence-corrected chi connectivity index (χ3v) is 25.9. The fourth-order valence-corrected chi connectivity index (χ4v) is 18.5. The lowest BCUT2D eigenvalue weighted by Crippen LogP contribution is -2.33. The SMILES string of the molecule is CCNC(=O)CCC(=O)c1ccc(C2=NO[C@](C)(c3cc(C)cc(Cl)c3)C2)c2ccccc12.C[C@@]1(c2cc(Cl)c(F)c(C(F)(F)F)c2)CC(c2ccc(C(=O)CCC(=O)NCC(F)(F)F)c3ccccc23)=NO1.C[C@@]1(c2cc(Cl)c(F)c(Cl)c2)CC(c2ccc(C(=O)CCC(=O)NCC(F)(F)F)c3ccccc23)=NO1.C[C@@]1(c2cc(Cl)cc(Cl)c2)CC(c2ccc(C(=O)CCC(=O)NCC(F)(F)F)c3ccccc23)=NO1. The zero-order valence-corrected chi connectivity index (χ0v) is 82.7. The maximum absolute atomic E-state index is 14.1. The Morgan fingerprint density at radius 2 is 0.562 bits per heavy atom. The molecule has 12 aromatic rings. The van der Waals surface area contributed by atoms with Gasteiger partial charge in [0.25, 0.3) is 0 Å². The highest BCUT2D eigenvalue weighted by Gasteiger charge is 2.45. The van der Waals surface area contributed by atoms with Crippen molar-refractivity contribution in [3.05, 3.63) is 326 Å². The molecule has 20 nitrogen and oxygen atoms in total. The molecule has 40 heteroatoms. The molecular formula is C106H88Cl6F14N8O12. The van der Waals surface area contributed by atoms with Crippen molar-refractivity contribution in [2.24, 2.45) is 20.6 Å². The van der Waals surface area contributed by atoms with Gasteiger partial charge in [0.05, 0.1) is 43.5 Å². The lowest BCUT2D eigenvalue weighted by atomic mass is 9.86. The highest BCUT2D eigenvalue weighted by molar-refractivity contribution is 6.36. The number of halogens is 20. The summed E-state index contributed by atoms with van der Waals surface area (Å²) in [6.45, 7) is 7.20. The number of carbonyl (C=O) groups is 8. The van der Waals surface area contributed by atoms with Crippen molar-refractivity contribution in [3.63, 3.8) is 0 Å². The molecule has 0 spiro atoms. The van der Waals surface area contributed by atoms with E-state index in [9.17, 15) is 99.8 Å². The molecule has 764 valence electrons. The Labute approximate surface area is 855 Å². The minimum atomic E-state index is -4.99. The number of ketones is 4. The fourth-order valence-electron chi connectivity index (χ4n) is 17.0. The lowest BCUT2D eigenvalue weighted by Gasteiger charge is -2.24. The number of hydrogen-bond donors (Lipinski definition) is 4. The Bertz CT molecular complexity index is 7220. The van der Waals surface area contributed by atoms with Crippen LogP contribution in [0.2, 0.25) is 30.1 Å². The van der Waals surface area contributed by atoms with Crippen molar-refractivity contribution in [1.82, 2.24) is 21.3 Å². The molecule has 4 amide bonds. The van der Waals surface area contributed by atoms with Crippen LogP contribution >= 0.6 is 69.6 Å². The number of amides is 4. The molecule has 4 heterocycles. The zero-order valence-electron chi connectivity index (χ0n) is 78.2. The average Bonchev–Trinajstić information content (AvgIpc) is 1.60. The van der Waals surface area contributed by atoms with E-state index < -0.39 is 119 Å². The van der Waals surface area contributed by atoms with Crippen LogP contribution in [0.1, 0.15) is 209 Å². The molecule has 0 saturated heterocycles. The largest absolute Gasteiger partial charge is 0.419 e. The number of hydrogen-bond acceptors (Lipinski definition) is 16. The molecule has 4 aliphatic rings. The quantitative estimate of drug-likeness (QED) is 0.0202. The van der Waals surface area contributed by atoms with Crippen LogP contribution in [-0.4, -0.2) is 114 Å². The summed E-state index contributed by atoms with van der Waals surface area (Å²) in [4.78, 5) is 122. The number of Topliss-reactive ketones (excluding diaryl/α,β-unsaturated/α-hetero) is 4. The number of fused-ring (bicyclic) bond motifs is 4. The van der Waals surface area contributed by atoms with Crippen molar-refractivity contribution in [3.8, 4) is 0 Å². The van der Waals surface area contributed by atoms with Gasteiger partial charge in [0, 0.05) is 160 Å². The third kappa shape index (κ3) is 27.0. The number of oxime groups is 4. The summed E-state index contributed by atoms with van der Waals surface area (Å²) in [6, 6.07) is 57.9. The van der Waals surface area contributed by atoms with E-state index in [1.807, 2.05) is 88.4 Å². The van der Waals surface area contributed by atoms with E-state index in [1.165, 1.54) is 25.1 Å². The number of aryl methyl sites for hydroxylation is 1. The normalized spacial score (nSPS) is 17.5. The second-order valence-electron chi connectivity index (χ2n) is 35.5. The van der Waals surface area contributed by atoms with Crippen LogP contribution in [-0.2, 0) is 67.1 Å². The average molecular weight is 2140 g/mol. The maximum atomic E-state index is 14.1. The Morgan fingerprint density at radius 3 is 0.829 bits per heavy atom.